The molecule has 3 rings (SSSR count). The highest BCUT2D eigenvalue weighted by Crippen LogP contribution is 2.23. The molecule has 0 saturated carbocycles. The van der Waals surface area contributed by atoms with Crippen LogP contribution in [-0.2, 0) is 6.54 Å². The van der Waals surface area contributed by atoms with Crippen LogP contribution in [-0.4, -0.2) is 15.6 Å². The molecule has 0 fully saturated rings. The van der Waals surface area contributed by atoms with Crippen molar-refractivity contribution in [2.24, 2.45) is 5.73 Å². The number of nitrogen functional groups attached to an aromatic ring is 1. The maximum absolute atomic E-state index is 7.66. The average Bonchev–Trinajstić information content (AvgIpc) is 3.01. The van der Waals surface area contributed by atoms with E-state index in [2.05, 4.69) is 29.4 Å². The number of nitrogens with one attached hydrogen (secondary N) is 1. The second-order valence-electron chi connectivity index (χ2n) is 4.86. The van der Waals surface area contributed by atoms with Crippen molar-refractivity contribution < 1.29 is 0 Å². The number of amidine groups is 1. The molecular formula is C17H16N4. The van der Waals surface area contributed by atoms with Gasteiger partial charge in [0.25, 0.3) is 0 Å². The second-order valence-corrected chi connectivity index (χ2v) is 4.86. The summed E-state index contributed by atoms with van der Waals surface area (Å²) in [5.41, 5.74) is 9.63. The summed E-state index contributed by atoms with van der Waals surface area (Å²) in [6.45, 7) is 0.752. The van der Waals surface area contributed by atoms with Gasteiger partial charge in [-0.2, -0.15) is 5.10 Å². The van der Waals surface area contributed by atoms with Gasteiger partial charge >= 0.3 is 0 Å². The van der Waals surface area contributed by atoms with Gasteiger partial charge in [0.1, 0.15) is 5.84 Å². The molecule has 4 heteroatoms. The van der Waals surface area contributed by atoms with Crippen LogP contribution in [0.15, 0.2) is 67.0 Å². The molecule has 1 aromatic heterocycles. The van der Waals surface area contributed by atoms with E-state index in [0.29, 0.717) is 0 Å². The lowest BCUT2D eigenvalue weighted by Gasteiger charge is -2.09. The highest BCUT2D eigenvalue weighted by Gasteiger charge is 2.06. The average molecular weight is 276 g/mol. The Labute approximate surface area is 123 Å². The maximum Gasteiger partial charge on any atom is 0.123 e. The number of hydrogen-bond acceptors (Lipinski definition) is 2. The Balaban J connectivity index is 1.89. The summed E-state index contributed by atoms with van der Waals surface area (Å²) < 4.78 is 1.89. The lowest BCUT2D eigenvalue weighted by atomic mass is 9.98. The number of nitrogens with two attached hydrogens (primary N) is 1. The molecule has 3 N–H and O–H groups in total. The summed E-state index contributed by atoms with van der Waals surface area (Å²) in [5, 5.41) is 11.9. The van der Waals surface area contributed by atoms with Crippen molar-refractivity contribution in [3.8, 4) is 11.1 Å². The summed E-state index contributed by atoms with van der Waals surface area (Å²) in [6, 6.07) is 17.9. The van der Waals surface area contributed by atoms with Crippen molar-refractivity contribution in [2.45, 2.75) is 6.54 Å². The van der Waals surface area contributed by atoms with Gasteiger partial charge in [0, 0.05) is 18.0 Å². The smallest absolute Gasteiger partial charge is 0.123 e. The number of rotatable bonds is 4. The molecule has 0 atom stereocenters. The topological polar surface area (TPSA) is 67.7 Å². The maximum atomic E-state index is 7.66. The first-order valence-corrected chi connectivity index (χ1v) is 6.74. The van der Waals surface area contributed by atoms with Crippen molar-refractivity contribution in [1.29, 1.82) is 5.41 Å². The summed E-state index contributed by atoms with van der Waals surface area (Å²) >= 11 is 0. The van der Waals surface area contributed by atoms with Gasteiger partial charge in [0.15, 0.2) is 0 Å². The predicted octanol–water partition coefficient (Wildman–Crippen LogP) is 2.88. The van der Waals surface area contributed by atoms with Crippen molar-refractivity contribution in [3.05, 3.63) is 78.1 Å². The van der Waals surface area contributed by atoms with Crippen LogP contribution in [0.4, 0.5) is 0 Å². The molecule has 1 heterocycles. The van der Waals surface area contributed by atoms with Crippen LogP contribution in [0.25, 0.3) is 11.1 Å². The normalized spacial score (nSPS) is 10.5. The van der Waals surface area contributed by atoms with E-state index in [4.69, 9.17) is 11.1 Å². The largest absolute Gasteiger partial charge is 0.384 e. The first-order valence-electron chi connectivity index (χ1n) is 6.74. The minimum Gasteiger partial charge on any atom is -0.384 e. The fourth-order valence-corrected chi connectivity index (χ4v) is 2.34. The molecule has 3 aromatic rings. The summed E-state index contributed by atoms with van der Waals surface area (Å²) in [7, 11) is 0. The Morgan fingerprint density at radius 1 is 1.05 bits per heavy atom. The molecule has 4 nitrogen and oxygen atoms in total. The van der Waals surface area contributed by atoms with Crippen LogP contribution in [0, 0.1) is 5.41 Å². The van der Waals surface area contributed by atoms with E-state index in [-0.39, 0.29) is 5.84 Å². The predicted molar refractivity (Wildman–Crippen MR) is 84.2 cm³/mol. The lowest BCUT2D eigenvalue weighted by molar-refractivity contribution is 0.687. The molecule has 0 aliphatic heterocycles. The first-order chi connectivity index (χ1) is 10.2. The molecule has 0 amide bonds. The zero-order valence-electron chi connectivity index (χ0n) is 11.5. The van der Waals surface area contributed by atoms with E-state index in [0.717, 1.165) is 23.2 Å². The quantitative estimate of drug-likeness (QED) is 0.568. The molecule has 0 spiro atoms. The molecule has 0 bridgehead atoms. The molecule has 0 radical (unpaired) electrons. The minimum atomic E-state index is 0.0891. The summed E-state index contributed by atoms with van der Waals surface area (Å²) in [5.74, 6) is 0.0891. The van der Waals surface area contributed by atoms with Gasteiger partial charge in [-0.25, -0.2) is 0 Å². The molecule has 0 aliphatic carbocycles. The SMILES string of the molecule is N=C(N)c1ccccc1-c1ccc(Cn2cccn2)cc1. The molecular weight excluding hydrogens is 260 g/mol. The Morgan fingerprint density at radius 3 is 2.48 bits per heavy atom. The van der Waals surface area contributed by atoms with Crippen molar-refractivity contribution in [1.82, 2.24) is 9.78 Å². The zero-order valence-corrected chi connectivity index (χ0v) is 11.5. The van der Waals surface area contributed by atoms with E-state index in [1.165, 1.54) is 5.56 Å². The Morgan fingerprint density at radius 2 is 1.81 bits per heavy atom. The van der Waals surface area contributed by atoms with Crippen LogP contribution >= 0.6 is 0 Å². The van der Waals surface area contributed by atoms with Gasteiger partial charge in [-0.3, -0.25) is 10.1 Å². The Hall–Kier alpha value is -2.88. The van der Waals surface area contributed by atoms with Crippen LogP contribution in [0.5, 0.6) is 0 Å². The van der Waals surface area contributed by atoms with E-state index in [9.17, 15) is 0 Å². The lowest BCUT2D eigenvalue weighted by Crippen LogP contribution is -2.12. The molecule has 0 unspecified atom stereocenters. The zero-order chi connectivity index (χ0) is 14.7. The third-order valence-corrected chi connectivity index (χ3v) is 3.39. The van der Waals surface area contributed by atoms with E-state index < -0.39 is 0 Å². The van der Waals surface area contributed by atoms with E-state index >= 15 is 0 Å². The van der Waals surface area contributed by atoms with Gasteiger partial charge in [0.05, 0.1) is 6.54 Å². The van der Waals surface area contributed by atoms with Crippen LogP contribution < -0.4 is 5.73 Å². The molecule has 0 aliphatic rings. The van der Waals surface area contributed by atoms with E-state index in [1.807, 2.05) is 41.2 Å². The highest BCUT2D eigenvalue weighted by atomic mass is 15.3. The van der Waals surface area contributed by atoms with Gasteiger partial charge < -0.3 is 5.73 Å². The first kappa shape index (κ1) is 13.1. The monoisotopic (exact) mass is 276 g/mol. The van der Waals surface area contributed by atoms with Gasteiger partial charge in [-0.05, 0) is 22.8 Å². The molecule has 104 valence electrons. The number of aromatic nitrogens is 2. The number of benzene rings is 2. The third kappa shape index (κ3) is 2.84. The second kappa shape index (κ2) is 5.63. The van der Waals surface area contributed by atoms with Crippen molar-refractivity contribution >= 4 is 5.84 Å². The summed E-state index contributed by atoms with van der Waals surface area (Å²) in [6.07, 6.45) is 3.72. The Kier molecular flexibility index (Phi) is 3.51. The molecule has 21 heavy (non-hydrogen) atoms. The molecule has 0 saturated heterocycles. The van der Waals surface area contributed by atoms with E-state index in [1.54, 1.807) is 6.20 Å². The van der Waals surface area contributed by atoms with Gasteiger partial charge in [-0.15, -0.1) is 0 Å². The van der Waals surface area contributed by atoms with Crippen molar-refractivity contribution in [3.63, 3.8) is 0 Å². The standard InChI is InChI=1S/C17H16N4/c18-17(19)16-5-2-1-4-15(16)14-8-6-13(7-9-14)12-21-11-3-10-20-21/h1-11H,12H2,(H3,18,19). The van der Waals surface area contributed by atoms with Crippen molar-refractivity contribution in [2.75, 3.05) is 0 Å². The van der Waals surface area contributed by atoms with Gasteiger partial charge in [0.2, 0.25) is 0 Å². The third-order valence-electron chi connectivity index (χ3n) is 3.39. The van der Waals surface area contributed by atoms with Crippen LogP contribution in [0.3, 0.4) is 0 Å². The highest BCUT2D eigenvalue weighted by molar-refractivity contribution is 6.01. The number of nitrogens with zero attached hydrogens (tertiary/aromatic N) is 2. The summed E-state index contributed by atoms with van der Waals surface area (Å²) in [4.78, 5) is 0. The minimum absolute atomic E-state index is 0.0891. The Bertz CT molecular complexity index is 743. The fraction of sp³-hybridized carbons (Fsp3) is 0.0588. The fourth-order valence-electron chi connectivity index (χ4n) is 2.34. The van der Waals surface area contributed by atoms with Gasteiger partial charge in [-0.1, -0.05) is 48.5 Å². The van der Waals surface area contributed by atoms with Crippen LogP contribution in [0.2, 0.25) is 0 Å². The number of hydrogen-bond donors (Lipinski definition) is 2. The van der Waals surface area contributed by atoms with Crippen LogP contribution in [0.1, 0.15) is 11.1 Å². The molecule has 2 aromatic carbocycles.